The number of ether oxygens (including phenoxy) is 1. The zero-order chi connectivity index (χ0) is 14.1. The van der Waals surface area contributed by atoms with Crippen LogP contribution in [0.2, 0.25) is 0 Å². The molecule has 0 aliphatic carbocycles. The monoisotopic (exact) mass is 282 g/mol. The number of imidazole rings is 1. The summed E-state index contributed by atoms with van der Waals surface area (Å²) in [4.78, 5) is 11.9. The normalized spacial score (nSPS) is 18.2. The van der Waals surface area contributed by atoms with Gasteiger partial charge in [-0.25, -0.2) is 4.98 Å². The molecule has 0 radical (unpaired) electrons. The number of nitrogens with zero attached hydrogens (tertiary/aromatic N) is 3. The number of H-pyrrole nitrogens is 1. The maximum absolute atomic E-state index is 5.44. The van der Waals surface area contributed by atoms with E-state index in [0.717, 1.165) is 35.8 Å². The standard InChI is InChI=1S/C15H14N4O2/c1-2-4-12(11(3-1)14-16-6-7-17-14)15-18-13(19-21-15)10-5-8-20-9-10/h1-4,6-7,10H,5,8-9H2,(H,16,17). The minimum absolute atomic E-state index is 0.235. The average Bonchev–Trinajstić information content (AvgIpc) is 3.27. The van der Waals surface area contributed by atoms with E-state index in [2.05, 4.69) is 20.1 Å². The first-order chi connectivity index (χ1) is 10.4. The van der Waals surface area contributed by atoms with Crippen LogP contribution in [0.15, 0.2) is 41.2 Å². The van der Waals surface area contributed by atoms with Crippen LogP contribution in [0.3, 0.4) is 0 Å². The van der Waals surface area contributed by atoms with Gasteiger partial charge in [0.15, 0.2) is 5.82 Å². The molecule has 3 aromatic rings. The predicted octanol–water partition coefficient (Wildman–Crippen LogP) is 2.63. The summed E-state index contributed by atoms with van der Waals surface area (Å²) in [7, 11) is 0. The van der Waals surface area contributed by atoms with Gasteiger partial charge in [0.1, 0.15) is 5.82 Å². The minimum Gasteiger partial charge on any atom is -0.381 e. The zero-order valence-corrected chi connectivity index (χ0v) is 11.3. The van der Waals surface area contributed by atoms with Crippen LogP contribution in [-0.2, 0) is 4.74 Å². The van der Waals surface area contributed by atoms with Crippen molar-refractivity contribution in [1.82, 2.24) is 20.1 Å². The molecule has 4 rings (SSSR count). The zero-order valence-electron chi connectivity index (χ0n) is 11.3. The molecule has 6 heteroatoms. The highest BCUT2D eigenvalue weighted by Gasteiger charge is 2.24. The van der Waals surface area contributed by atoms with E-state index in [0.29, 0.717) is 12.5 Å². The fourth-order valence-electron chi connectivity index (χ4n) is 2.54. The third kappa shape index (κ3) is 2.23. The molecule has 1 atom stereocenters. The first-order valence-corrected chi connectivity index (χ1v) is 6.92. The van der Waals surface area contributed by atoms with E-state index < -0.39 is 0 Å². The summed E-state index contributed by atoms with van der Waals surface area (Å²) < 4.78 is 10.8. The fourth-order valence-corrected chi connectivity index (χ4v) is 2.54. The van der Waals surface area contributed by atoms with Gasteiger partial charge in [-0.05, 0) is 12.5 Å². The molecule has 1 fully saturated rings. The maximum Gasteiger partial charge on any atom is 0.258 e. The Balaban J connectivity index is 1.74. The molecule has 6 nitrogen and oxygen atoms in total. The molecule has 0 amide bonds. The molecule has 0 saturated carbocycles. The third-order valence-corrected chi connectivity index (χ3v) is 3.65. The van der Waals surface area contributed by atoms with Crippen LogP contribution >= 0.6 is 0 Å². The van der Waals surface area contributed by atoms with Crippen molar-refractivity contribution < 1.29 is 9.26 Å². The van der Waals surface area contributed by atoms with Gasteiger partial charge in [0.2, 0.25) is 0 Å². The molecule has 1 N–H and O–H groups in total. The lowest BCUT2D eigenvalue weighted by Crippen LogP contribution is -1.99. The van der Waals surface area contributed by atoms with Gasteiger partial charge in [0.25, 0.3) is 5.89 Å². The SMILES string of the molecule is c1ccc(-c2nc(C3CCOC3)no2)c(-c2ncc[nH]2)c1. The Morgan fingerprint density at radius 1 is 1.19 bits per heavy atom. The Hall–Kier alpha value is -2.47. The van der Waals surface area contributed by atoms with Gasteiger partial charge in [-0.2, -0.15) is 4.98 Å². The van der Waals surface area contributed by atoms with Crippen LogP contribution < -0.4 is 0 Å². The second kappa shape index (κ2) is 5.14. The lowest BCUT2D eigenvalue weighted by atomic mass is 10.1. The van der Waals surface area contributed by atoms with Crippen LogP contribution in [0.25, 0.3) is 22.8 Å². The minimum atomic E-state index is 0.235. The molecular weight excluding hydrogens is 268 g/mol. The summed E-state index contributed by atoms with van der Waals surface area (Å²) in [5.41, 5.74) is 1.82. The highest BCUT2D eigenvalue weighted by molar-refractivity contribution is 5.76. The molecule has 1 aliphatic rings. The molecule has 1 unspecified atom stereocenters. The van der Waals surface area contributed by atoms with Gasteiger partial charge in [0.05, 0.1) is 12.2 Å². The van der Waals surface area contributed by atoms with Crippen molar-refractivity contribution in [2.75, 3.05) is 13.2 Å². The molecular formula is C15H14N4O2. The maximum atomic E-state index is 5.44. The molecule has 1 saturated heterocycles. The molecule has 2 aromatic heterocycles. The van der Waals surface area contributed by atoms with Crippen molar-refractivity contribution >= 4 is 0 Å². The van der Waals surface area contributed by atoms with Crippen LogP contribution in [0.1, 0.15) is 18.2 Å². The average molecular weight is 282 g/mol. The number of hydrogen-bond acceptors (Lipinski definition) is 5. The summed E-state index contributed by atoms with van der Waals surface area (Å²) in [6, 6.07) is 7.85. The Labute approximate surface area is 121 Å². The van der Waals surface area contributed by atoms with Crippen molar-refractivity contribution in [1.29, 1.82) is 0 Å². The van der Waals surface area contributed by atoms with Crippen LogP contribution in [0.4, 0.5) is 0 Å². The van der Waals surface area contributed by atoms with Gasteiger partial charge in [0, 0.05) is 30.5 Å². The third-order valence-electron chi connectivity index (χ3n) is 3.65. The molecule has 3 heterocycles. The van der Waals surface area contributed by atoms with Gasteiger partial charge < -0.3 is 14.2 Å². The summed E-state index contributed by atoms with van der Waals surface area (Å²) in [6.45, 7) is 1.43. The number of aromatic nitrogens is 4. The number of benzene rings is 1. The lowest BCUT2D eigenvalue weighted by molar-refractivity contribution is 0.192. The van der Waals surface area contributed by atoms with Crippen molar-refractivity contribution in [3.05, 3.63) is 42.5 Å². The van der Waals surface area contributed by atoms with Gasteiger partial charge in [-0.1, -0.05) is 23.4 Å². The summed E-state index contributed by atoms with van der Waals surface area (Å²) in [5, 5.41) is 4.10. The highest BCUT2D eigenvalue weighted by atomic mass is 16.5. The Kier molecular flexibility index (Phi) is 3.01. The Morgan fingerprint density at radius 3 is 2.86 bits per heavy atom. The summed E-state index contributed by atoms with van der Waals surface area (Å²) in [6.07, 6.45) is 4.46. The van der Waals surface area contributed by atoms with E-state index in [-0.39, 0.29) is 5.92 Å². The molecule has 0 bridgehead atoms. The number of aromatic amines is 1. The smallest absolute Gasteiger partial charge is 0.258 e. The first-order valence-electron chi connectivity index (χ1n) is 6.92. The second-order valence-corrected chi connectivity index (χ2v) is 5.00. The van der Waals surface area contributed by atoms with E-state index >= 15 is 0 Å². The van der Waals surface area contributed by atoms with E-state index in [9.17, 15) is 0 Å². The fraction of sp³-hybridized carbons (Fsp3) is 0.267. The summed E-state index contributed by atoms with van der Waals surface area (Å²) in [5.74, 6) is 2.26. The van der Waals surface area contributed by atoms with E-state index in [4.69, 9.17) is 9.26 Å². The summed E-state index contributed by atoms with van der Waals surface area (Å²) >= 11 is 0. The van der Waals surface area contributed by atoms with Gasteiger partial charge in [-0.3, -0.25) is 0 Å². The van der Waals surface area contributed by atoms with Crippen LogP contribution in [-0.4, -0.2) is 33.3 Å². The molecule has 21 heavy (non-hydrogen) atoms. The predicted molar refractivity (Wildman–Crippen MR) is 75.5 cm³/mol. The van der Waals surface area contributed by atoms with Crippen LogP contribution in [0, 0.1) is 0 Å². The van der Waals surface area contributed by atoms with E-state index in [1.165, 1.54) is 0 Å². The van der Waals surface area contributed by atoms with Gasteiger partial charge in [-0.15, -0.1) is 0 Å². The Morgan fingerprint density at radius 2 is 2.10 bits per heavy atom. The number of rotatable bonds is 3. The topological polar surface area (TPSA) is 76.8 Å². The number of hydrogen-bond donors (Lipinski definition) is 1. The number of nitrogens with one attached hydrogen (secondary N) is 1. The molecule has 1 aliphatic heterocycles. The molecule has 0 spiro atoms. The first kappa shape index (κ1) is 12.3. The van der Waals surface area contributed by atoms with Crippen molar-refractivity contribution in [3.63, 3.8) is 0 Å². The molecule has 106 valence electrons. The molecule has 1 aromatic carbocycles. The lowest BCUT2D eigenvalue weighted by Gasteiger charge is -2.02. The van der Waals surface area contributed by atoms with E-state index in [1.54, 1.807) is 12.4 Å². The second-order valence-electron chi connectivity index (χ2n) is 5.00. The highest BCUT2D eigenvalue weighted by Crippen LogP contribution is 2.30. The Bertz CT molecular complexity index is 730. The van der Waals surface area contributed by atoms with Crippen molar-refractivity contribution in [2.24, 2.45) is 0 Å². The van der Waals surface area contributed by atoms with Crippen molar-refractivity contribution in [3.8, 4) is 22.8 Å². The van der Waals surface area contributed by atoms with Crippen LogP contribution in [0.5, 0.6) is 0 Å². The largest absolute Gasteiger partial charge is 0.381 e. The van der Waals surface area contributed by atoms with Crippen molar-refractivity contribution in [2.45, 2.75) is 12.3 Å². The van der Waals surface area contributed by atoms with E-state index in [1.807, 2.05) is 24.3 Å². The quantitative estimate of drug-likeness (QED) is 0.799. The van der Waals surface area contributed by atoms with Gasteiger partial charge >= 0.3 is 0 Å².